The van der Waals surface area contributed by atoms with Gasteiger partial charge in [0, 0.05) is 7.05 Å². The topological polar surface area (TPSA) is 67.9 Å². The van der Waals surface area contributed by atoms with Crippen LogP contribution in [-0.2, 0) is 9.53 Å². The van der Waals surface area contributed by atoms with Crippen LogP contribution in [0.4, 0.5) is 9.18 Å². The third kappa shape index (κ3) is 4.30. The number of likely N-dealkylation sites (N-methyl/N-ethyl adjacent to an activating group) is 1. The lowest BCUT2D eigenvalue weighted by atomic mass is 9.91. The van der Waals surface area contributed by atoms with Crippen molar-refractivity contribution in [3.8, 4) is 5.75 Å². The molecule has 0 bridgehead atoms. The minimum atomic E-state index is -0.701. The van der Waals surface area contributed by atoms with E-state index in [0.29, 0.717) is 5.70 Å². The molecule has 0 spiro atoms. The number of halogens is 1. The first-order valence-corrected chi connectivity index (χ1v) is 9.72. The first kappa shape index (κ1) is 21.4. The molecule has 158 valence electrons. The first-order chi connectivity index (χ1) is 14.3. The molecule has 1 aliphatic heterocycles. The van der Waals surface area contributed by atoms with E-state index in [1.807, 2.05) is 32.0 Å². The summed E-state index contributed by atoms with van der Waals surface area (Å²) in [4.78, 5) is 26.9. The van der Waals surface area contributed by atoms with Crippen LogP contribution in [0.5, 0.6) is 5.75 Å². The average Bonchev–Trinajstić information content (AvgIpc) is 2.70. The van der Waals surface area contributed by atoms with Gasteiger partial charge in [-0.2, -0.15) is 0 Å². The Morgan fingerprint density at radius 3 is 2.60 bits per heavy atom. The molecule has 7 heteroatoms. The molecule has 1 heterocycles. The number of urea groups is 1. The Bertz CT molecular complexity index is 1000. The Hall–Kier alpha value is -3.35. The van der Waals surface area contributed by atoms with E-state index in [0.717, 1.165) is 16.7 Å². The van der Waals surface area contributed by atoms with Gasteiger partial charge in [-0.05, 0) is 44.0 Å². The van der Waals surface area contributed by atoms with Crippen LogP contribution in [0.2, 0.25) is 0 Å². The molecule has 2 aromatic rings. The van der Waals surface area contributed by atoms with E-state index in [2.05, 4.69) is 5.32 Å². The highest BCUT2D eigenvalue weighted by Crippen LogP contribution is 2.33. The second-order valence-corrected chi connectivity index (χ2v) is 7.10. The van der Waals surface area contributed by atoms with Gasteiger partial charge in [0.1, 0.15) is 6.61 Å². The van der Waals surface area contributed by atoms with Gasteiger partial charge in [0.15, 0.2) is 11.6 Å². The van der Waals surface area contributed by atoms with E-state index in [1.165, 1.54) is 24.1 Å². The number of ether oxygens (including phenoxy) is 2. The Morgan fingerprint density at radius 2 is 1.93 bits per heavy atom. The van der Waals surface area contributed by atoms with Gasteiger partial charge in [-0.3, -0.25) is 4.90 Å². The van der Waals surface area contributed by atoms with E-state index in [1.54, 1.807) is 19.1 Å². The summed E-state index contributed by atoms with van der Waals surface area (Å²) in [6, 6.07) is 10.7. The molecular formula is C23H25FN2O4. The Kier molecular flexibility index (Phi) is 6.40. The largest absolute Gasteiger partial charge is 0.484 e. The number of nitrogens with zero attached hydrogens (tertiary/aromatic N) is 1. The van der Waals surface area contributed by atoms with Crippen LogP contribution in [0.15, 0.2) is 53.7 Å². The zero-order chi connectivity index (χ0) is 21.8. The number of benzene rings is 2. The summed E-state index contributed by atoms with van der Waals surface area (Å²) >= 11 is 0. The lowest BCUT2D eigenvalue weighted by molar-refractivity contribution is -0.139. The fourth-order valence-electron chi connectivity index (χ4n) is 3.47. The molecule has 1 unspecified atom stereocenters. The summed E-state index contributed by atoms with van der Waals surface area (Å²) in [6.45, 7) is 5.62. The molecule has 0 radical (unpaired) electrons. The van der Waals surface area contributed by atoms with Gasteiger partial charge in [-0.25, -0.2) is 14.0 Å². The summed E-state index contributed by atoms with van der Waals surface area (Å²) in [5.41, 5.74) is 3.38. The van der Waals surface area contributed by atoms with Gasteiger partial charge in [0.25, 0.3) is 0 Å². The van der Waals surface area contributed by atoms with Crippen molar-refractivity contribution in [2.45, 2.75) is 26.8 Å². The van der Waals surface area contributed by atoms with Gasteiger partial charge in [0.05, 0.1) is 23.9 Å². The highest BCUT2D eigenvalue weighted by atomic mass is 19.1. The molecule has 6 nitrogen and oxygen atoms in total. The molecule has 2 aromatic carbocycles. The Labute approximate surface area is 175 Å². The molecular weight excluding hydrogens is 387 g/mol. The third-order valence-electron chi connectivity index (χ3n) is 5.01. The quantitative estimate of drug-likeness (QED) is 0.728. The zero-order valence-corrected chi connectivity index (χ0v) is 17.5. The Balaban J connectivity index is 2.08. The molecule has 3 rings (SSSR count). The number of para-hydroxylation sites is 1. The number of carbonyl (C=O) groups excluding carboxylic acids is 2. The van der Waals surface area contributed by atoms with Crippen molar-refractivity contribution in [2.24, 2.45) is 0 Å². The second kappa shape index (κ2) is 8.98. The lowest BCUT2D eigenvalue weighted by Crippen LogP contribution is -2.48. The third-order valence-corrected chi connectivity index (χ3v) is 5.01. The SMILES string of the molecule is CCOC(=O)C1=C(COc2ccccc2F)N(C)C(=O)NC1c1ccc(C)cc1C. The molecule has 0 aromatic heterocycles. The summed E-state index contributed by atoms with van der Waals surface area (Å²) in [7, 11) is 1.53. The monoisotopic (exact) mass is 412 g/mol. The highest BCUT2D eigenvalue weighted by molar-refractivity contribution is 5.95. The van der Waals surface area contributed by atoms with Crippen LogP contribution in [-0.4, -0.2) is 37.2 Å². The van der Waals surface area contributed by atoms with Crippen molar-refractivity contribution in [3.63, 3.8) is 0 Å². The van der Waals surface area contributed by atoms with E-state index in [-0.39, 0.29) is 30.6 Å². The van der Waals surface area contributed by atoms with Crippen molar-refractivity contribution in [1.82, 2.24) is 10.2 Å². The molecule has 1 aliphatic rings. The standard InChI is InChI=1S/C23H25FN2O4/c1-5-29-22(27)20-18(13-30-19-9-7-6-8-17(19)24)26(4)23(28)25-21(20)16-11-10-14(2)12-15(16)3/h6-12,21H,5,13H2,1-4H3,(H,25,28). The molecule has 0 fully saturated rings. The molecule has 30 heavy (non-hydrogen) atoms. The number of esters is 1. The zero-order valence-electron chi connectivity index (χ0n) is 17.5. The van der Waals surface area contributed by atoms with Crippen LogP contribution < -0.4 is 10.1 Å². The van der Waals surface area contributed by atoms with Crippen molar-refractivity contribution >= 4 is 12.0 Å². The van der Waals surface area contributed by atoms with Crippen molar-refractivity contribution in [1.29, 1.82) is 0 Å². The molecule has 2 amide bonds. The number of rotatable bonds is 6. The van der Waals surface area contributed by atoms with Gasteiger partial charge in [-0.1, -0.05) is 35.9 Å². The van der Waals surface area contributed by atoms with Crippen molar-refractivity contribution in [3.05, 3.63) is 76.2 Å². The van der Waals surface area contributed by atoms with Crippen molar-refractivity contribution in [2.75, 3.05) is 20.3 Å². The normalized spacial score (nSPS) is 16.4. The number of aryl methyl sites for hydroxylation is 2. The van der Waals surface area contributed by atoms with Crippen LogP contribution in [0, 0.1) is 19.7 Å². The van der Waals surface area contributed by atoms with Crippen LogP contribution >= 0.6 is 0 Å². The van der Waals surface area contributed by atoms with Crippen LogP contribution in [0.25, 0.3) is 0 Å². The van der Waals surface area contributed by atoms with Gasteiger partial charge < -0.3 is 14.8 Å². The number of amides is 2. The molecule has 1 atom stereocenters. The minimum Gasteiger partial charge on any atom is -0.484 e. The molecule has 0 aliphatic carbocycles. The minimum absolute atomic E-state index is 0.0376. The van der Waals surface area contributed by atoms with Gasteiger partial charge >= 0.3 is 12.0 Å². The van der Waals surface area contributed by atoms with Crippen LogP contribution in [0.3, 0.4) is 0 Å². The highest BCUT2D eigenvalue weighted by Gasteiger charge is 2.37. The number of nitrogens with one attached hydrogen (secondary N) is 1. The summed E-state index contributed by atoms with van der Waals surface area (Å²) in [5.74, 6) is -1.04. The predicted octanol–water partition coefficient (Wildman–Crippen LogP) is 4.03. The number of hydrogen-bond acceptors (Lipinski definition) is 4. The number of carbonyl (C=O) groups is 2. The fourth-order valence-corrected chi connectivity index (χ4v) is 3.47. The molecule has 0 saturated heterocycles. The van der Waals surface area contributed by atoms with Crippen LogP contribution in [0.1, 0.15) is 29.7 Å². The summed E-state index contributed by atoms with van der Waals surface area (Å²) in [5, 5.41) is 2.87. The average molecular weight is 412 g/mol. The maximum absolute atomic E-state index is 14.0. The smallest absolute Gasteiger partial charge is 0.338 e. The molecule has 1 N–H and O–H groups in total. The van der Waals surface area contributed by atoms with Gasteiger partial charge in [-0.15, -0.1) is 0 Å². The maximum Gasteiger partial charge on any atom is 0.338 e. The maximum atomic E-state index is 14.0. The lowest BCUT2D eigenvalue weighted by Gasteiger charge is -2.35. The number of hydrogen-bond donors (Lipinski definition) is 1. The van der Waals surface area contributed by atoms with E-state index < -0.39 is 17.8 Å². The van der Waals surface area contributed by atoms with Gasteiger partial charge in [0.2, 0.25) is 0 Å². The second-order valence-electron chi connectivity index (χ2n) is 7.10. The van der Waals surface area contributed by atoms with E-state index >= 15 is 0 Å². The van der Waals surface area contributed by atoms with E-state index in [4.69, 9.17) is 9.47 Å². The van der Waals surface area contributed by atoms with Crippen molar-refractivity contribution < 1.29 is 23.5 Å². The predicted molar refractivity (Wildman–Crippen MR) is 111 cm³/mol. The fraction of sp³-hybridized carbons (Fsp3) is 0.304. The summed E-state index contributed by atoms with van der Waals surface area (Å²) in [6.07, 6.45) is 0. The molecule has 0 saturated carbocycles. The first-order valence-electron chi connectivity index (χ1n) is 9.72. The van der Waals surface area contributed by atoms with E-state index in [9.17, 15) is 14.0 Å². The Morgan fingerprint density at radius 1 is 1.20 bits per heavy atom. The summed E-state index contributed by atoms with van der Waals surface area (Å²) < 4.78 is 24.9.